The summed E-state index contributed by atoms with van der Waals surface area (Å²) in [6.07, 6.45) is 1.90. The lowest BCUT2D eigenvalue weighted by Crippen LogP contribution is -2.55. The maximum Gasteiger partial charge on any atom is 0.0982 e. The normalized spacial score (nSPS) is 34.9. The van der Waals surface area contributed by atoms with Crippen molar-refractivity contribution in [2.24, 2.45) is 5.92 Å². The molecule has 1 heterocycles. The highest BCUT2D eigenvalue weighted by atomic mass is 32.1. The smallest absolute Gasteiger partial charge is 0.0982 e. The molecule has 0 saturated carbocycles. The van der Waals surface area contributed by atoms with Gasteiger partial charge < -0.3 is 0 Å². The van der Waals surface area contributed by atoms with Gasteiger partial charge in [0.2, 0.25) is 0 Å². The second-order valence-electron chi connectivity index (χ2n) is 4.56. The molecule has 0 aromatic carbocycles. The van der Waals surface area contributed by atoms with Crippen LogP contribution in [0.4, 0.5) is 0 Å². The summed E-state index contributed by atoms with van der Waals surface area (Å²) in [5, 5.41) is 9.15. The lowest BCUT2D eigenvalue weighted by atomic mass is 9.86. The fourth-order valence-electron chi connectivity index (χ4n) is 2.39. The van der Waals surface area contributed by atoms with Gasteiger partial charge in [-0.25, -0.2) is 0 Å². The summed E-state index contributed by atoms with van der Waals surface area (Å²) in [4.78, 5) is 3.39. The van der Waals surface area contributed by atoms with E-state index in [1.54, 1.807) is 0 Å². The van der Waals surface area contributed by atoms with E-state index in [0.717, 1.165) is 17.7 Å². The first-order chi connectivity index (χ1) is 7.02. The summed E-state index contributed by atoms with van der Waals surface area (Å²) in [6.45, 7) is 8.63. The Hall–Kier alpha value is -0.460. The molecule has 4 atom stereocenters. The number of likely N-dealkylation sites (tertiary alicyclic amines) is 1. The number of thiocarbonyl (C=S) groups is 1. The Labute approximate surface area is 98.3 Å². The maximum absolute atomic E-state index is 9.15. The molecule has 0 aromatic heterocycles. The van der Waals surface area contributed by atoms with E-state index in [2.05, 4.69) is 38.7 Å². The zero-order valence-corrected chi connectivity index (χ0v) is 10.8. The van der Waals surface area contributed by atoms with Crippen LogP contribution in [0.3, 0.4) is 0 Å². The summed E-state index contributed by atoms with van der Waals surface area (Å²) in [6, 6.07) is 3.13. The van der Waals surface area contributed by atoms with Crippen LogP contribution in [0.15, 0.2) is 0 Å². The van der Waals surface area contributed by atoms with Crippen LogP contribution in [0.1, 0.15) is 40.5 Å². The third-order valence-corrected chi connectivity index (χ3v) is 4.13. The van der Waals surface area contributed by atoms with Crippen molar-refractivity contribution in [3.05, 3.63) is 0 Å². The molecule has 0 N–H and O–H groups in total. The van der Waals surface area contributed by atoms with Gasteiger partial charge >= 0.3 is 0 Å². The maximum atomic E-state index is 9.15. The topological polar surface area (TPSA) is 27.0 Å². The van der Waals surface area contributed by atoms with Crippen molar-refractivity contribution < 1.29 is 0 Å². The molecule has 0 aromatic rings. The van der Waals surface area contributed by atoms with Gasteiger partial charge in [0.1, 0.15) is 0 Å². The van der Waals surface area contributed by atoms with Crippen LogP contribution in [-0.4, -0.2) is 27.9 Å². The summed E-state index contributed by atoms with van der Waals surface area (Å²) in [7, 11) is 0. The molecule has 1 aliphatic rings. The van der Waals surface area contributed by atoms with E-state index in [0.29, 0.717) is 12.0 Å². The van der Waals surface area contributed by atoms with E-state index in [-0.39, 0.29) is 12.1 Å². The van der Waals surface area contributed by atoms with E-state index >= 15 is 0 Å². The highest BCUT2D eigenvalue weighted by Gasteiger charge is 2.36. The zero-order valence-electron chi connectivity index (χ0n) is 10.0. The number of nitrogens with zero attached hydrogens (tertiary/aromatic N) is 2. The van der Waals surface area contributed by atoms with Crippen LogP contribution in [-0.2, 0) is 0 Å². The van der Waals surface area contributed by atoms with Gasteiger partial charge in [-0.1, -0.05) is 26.1 Å². The average Bonchev–Trinajstić information content (AvgIpc) is 2.21. The number of hydrogen-bond acceptors (Lipinski definition) is 3. The lowest BCUT2D eigenvalue weighted by Gasteiger charge is -2.45. The fourth-order valence-corrected chi connectivity index (χ4v) is 2.78. The van der Waals surface area contributed by atoms with Gasteiger partial charge in [-0.15, -0.1) is 0 Å². The Morgan fingerprint density at radius 3 is 2.60 bits per heavy atom. The molecule has 1 fully saturated rings. The molecule has 0 bridgehead atoms. The van der Waals surface area contributed by atoms with Gasteiger partial charge in [-0.2, -0.15) is 5.26 Å². The zero-order chi connectivity index (χ0) is 11.6. The number of rotatable bonds is 2. The van der Waals surface area contributed by atoms with Gasteiger partial charge in [0.15, 0.2) is 0 Å². The third-order valence-electron chi connectivity index (χ3n) is 3.63. The molecule has 0 radical (unpaired) electrons. The number of nitriles is 1. The van der Waals surface area contributed by atoms with Gasteiger partial charge in [0, 0.05) is 16.9 Å². The van der Waals surface area contributed by atoms with Crippen LogP contribution in [0.5, 0.6) is 0 Å². The Bertz CT molecular complexity index is 282. The second-order valence-corrected chi connectivity index (χ2v) is 5.09. The number of piperidine rings is 1. The summed E-state index contributed by atoms with van der Waals surface area (Å²) < 4.78 is 0. The fraction of sp³-hybridized carbons (Fsp3) is 0.833. The Kier molecular flexibility index (Phi) is 4.24. The second kappa shape index (κ2) is 5.05. The highest BCUT2D eigenvalue weighted by molar-refractivity contribution is 7.80. The third kappa shape index (κ3) is 2.38. The van der Waals surface area contributed by atoms with Gasteiger partial charge in [-0.3, -0.25) is 4.90 Å². The van der Waals surface area contributed by atoms with Crippen molar-refractivity contribution in [1.82, 2.24) is 4.90 Å². The molecular weight excluding hydrogens is 204 g/mol. The molecule has 3 heteroatoms. The van der Waals surface area contributed by atoms with Crippen LogP contribution < -0.4 is 0 Å². The lowest BCUT2D eigenvalue weighted by molar-refractivity contribution is 0.0999. The first-order valence-electron chi connectivity index (χ1n) is 5.72. The predicted molar refractivity (Wildman–Crippen MR) is 66.8 cm³/mol. The van der Waals surface area contributed by atoms with E-state index in [4.69, 9.17) is 17.5 Å². The van der Waals surface area contributed by atoms with E-state index in [1.807, 2.05) is 0 Å². The molecule has 15 heavy (non-hydrogen) atoms. The van der Waals surface area contributed by atoms with Crippen LogP contribution in [0.2, 0.25) is 0 Å². The summed E-state index contributed by atoms with van der Waals surface area (Å²) in [5.41, 5.74) is 0. The summed E-state index contributed by atoms with van der Waals surface area (Å²) in [5.74, 6) is 0.566. The van der Waals surface area contributed by atoms with Crippen molar-refractivity contribution in [3.8, 4) is 6.07 Å². The molecular formula is C12H20N2S. The van der Waals surface area contributed by atoms with E-state index in [1.165, 1.54) is 0 Å². The van der Waals surface area contributed by atoms with E-state index < -0.39 is 0 Å². The van der Waals surface area contributed by atoms with Gasteiger partial charge in [0.25, 0.3) is 0 Å². The minimum absolute atomic E-state index is 0.00991. The molecule has 0 amide bonds. The molecule has 1 saturated heterocycles. The molecule has 0 aliphatic carbocycles. The SMILES string of the molecule is CCC(C#N)N1C(C)C(=S)CC(C)C1C. The Morgan fingerprint density at radius 1 is 1.53 bits per heavy atom. The minimum atomic E-state index is 0.00991. The Balaban J connectivity index is 2.91. The Morgan fingerprint density at radius 2 is 2.13 bits per heavy atom. The monoisotopic (exact) mass is 224 g/mol. The van der Waals surface area contributed by atoms with Crippen molar-refractivity contribution in [2.75, 3.05) is 0 Å². The molecule has 0 spiro atoms. The first kappa shape index (κ1) is 12.6. The predicted octanol–water partition coefficient (Wildman–Crippen LogP) is 2.78. The quantitative estimate of drug-likeness (QED) is 0.675. The molecule has 1 aliphatic heterocycles. The highest BCUT2D eigenvalue weighted by Crippen LogP contribution is 2.28. The van der Waals surface area contributed by atoms with Crippen molar-refractivity contribution in [1.29, 1.82) is 5.26 Å². The average molecular weight is 224 g/mol. The van der Waals surface area contributed by atoms with Crippen molar-refractivity contribution >= 4 is 17.1 Å². The first-order valence-corrected chi connectivity index (χ1v) is 6.13. The van der Waals surface area contributed by atoms with Crippen molar-refractivity contribution in [2.45, 2.75) is 58.7 Å². The summed E-state index contributed by atoms with van der Waals surface area (Å²) >= 11 is 5.40. The minimum Gasteiger partial charge on any atom is -0.278 e. The molecule has 2 nitrogen and oxygen atoms in total. The van der Waals surface area contributed by atoms with Gasteiger partial charge in [0.05, 0.1) is 12.1 Å². The standard InChI is InChI=1S/C12H20N2S/c1-5-11(7-13)14-9(3)8(2)6-12(15)10(14)4/h8-11H,5-6H2,1-4H3. The molecule has 4 unspecified atom stereocenters. The largest absolute Gasteiger partial charge is 0.278 e. The van der Waals surface area contributed by atoms with Crippen LogP contribution in [0.25, 0.3) is 0 Å². The van der Waals surface area contributed by atoms with Crippen LogP contribution >= 0.6 is 12.2 Å². The molecule has 84 valence electrons. The number of hydrogen-bond donors (Lipinski definition) is 0. The van der Waals surface area contributed by atoms with Crippen LogP contribution in [0, 0.1) is 17.2 Å². The van der Waals surface area contributed by atoms with Crippen molar-refractivity contribution in [3.63, 3.8) is 0 Å². The van der Waals surface area contributed by atoms with Gasteiger partial charge in [-0.05, 0) is 32.6 Å². The molecule has 1 rings (SSSR count). The van der Waals surface area contributed by atoms with E-state index in [9.17, 15) is 0 Å².